The molecular weight excluding hydrogens is 1990 g/mol. The second kappa shape index (κ2) is 55.5. The first-order chi connectivity index (χ1) is 66.5. The van der Waals surface area contributed by atoms with Gasteiger partial charge in [0.1, 0.15) is 29.0 Å². The fourth-order valence-electron chi connectivity index (χ4n) is 13.6. The maximum Gasteiger partial charge on any atom is 2.00 e. The summed E-state index contributed by atoms with van der Waals surface area (Å²) >= 11 is 0. The third-order valence-electron chi connectivity index (χ3n) is 21.1. The van der Waals surface area contributed by atoms with E-state index in [9.17, 15) is 116 Å². The molecule has 0 aliphatic carbocycles. The number of carboxylic acids is 3. The quantitative estimate of drug-likeness (QED) is 0.0109. The molecular formula is C97H122CaF4N13O25S4-. The van der Waals surface area contributed by atoms with Crippen LogP contribution in [0.2, 0.25) is 0 Å². The molecule has 0 bridgehead atoms. The van der Waals surface area contributed by atoms with Crippen molar-refractivity contribution in [2.24, 2.45) is 5.73 Å². The van der Waals surface area contributed by atoms with E-state index >= 15 is 0 Å². The predicted molar refractivity (Wildman–Crippen MR) is 531 cm³/mol. The van der Waals surface area contributed by atoms with Gasteiger partial charge >= 0.3 is 43.7 Å². The molecule has 0 spiro atoms. The van der Waals surface area contributed by atoms with Gasteiger partial charge in [0.25, 0.3) is 0 Å². The van der Waals surface area contributed by atoms with E-state index < -0.39 is 155 Å². The smallest absolute Gasteiger partial charge is 0.550 e. The number of ether oxygens (including phenoxy) is 3. The Bertz CT molecular complexity index is 6000. The largest absolute Gasteiger partial charge is 2.00 e. The Kier molecular flexibility index (Phi) is 47.5. The van der Waals surface area contributed by atoms with Crippen LogP contribution in [0.15, 0.2) is 144 Å². The van der Waals surface area contributed by atoms with E-state index in [4.69, 9.17) is 24.4 Å². The number of carboxylic acid groups (broad SMARTS) is 3. The molecule has 0 amide bonds. The first kappa shape index (κ1) is 123. The summed E-state index contributed by atoms with van der Waals surface area (Å²) in [5.74, 6) is -7.35. The van der Waals surface area contributed by atoms with Crippen LogP contribution >= 0.6 is 0 Å². The van der Waals surface area contributed by atoms with Crippen molar-refractivity contribution in [1.29, 1.82) is 0 Å². The number of carbonyl (C=O) groups excluding carboxylic acids is 4. The molecule has 0 unspecified atom stereocenters. The SMILES string of the molecule is CC(C)c1nc(N(C)S(C)(=O)=O)nc(-c2ccc(F)cc2)c1/C=C/[C@@H](O)C[C@@H](O)CC(=O)[O-].CC(C)c1nc(N(C)S(C)(=O)=O)nc(-c2ccc(F)cc2)c1/C=C/[C@@H](O)C[C@@H](O)CC(=O)[O-].CC(C)c1nc(N(C)S(C)(=O)=O)nc(-c2ccc(F)cc2)c1/C=C/[C@@H](O)C[C@@H](O)CC(=O)[O-].COC(=O)C[C@H]1C[C@@H](/C=C/c2c(-c3ccc(F)cc3)nc(N(C)S(C)(=O)=O)nc2C(C)C)OC(C)(C)O1.NCc1ccco1.[Ca+2]. The van der Waals surface area contributed by atoms with Crippen molar-refractivity contribution < 1.29 is 135 Å². The first-order valence-electron chi connectivity index (χ1n) is 44.5. The number of hydrogen-bond acceptors (Lipinski definition) is 34. The normalized spacial score (nSPS) is 15.1. The Morgan fingerprint density at radius 1 is 0.444 bits per heavy atom. The number of aromatic nitrogens is 8. The van der Waals surface area contributed by atoms with Crippen LogP contribution in [0.25, 0.3) is 69.3 Å². The average Bonchev–Trinajstić information content (AvgIpc) is 0.813. The summed E-state index contributed by atoms with van der Waals surface area (Å²) in [5, 5.41) is 91.7. The molecule has 1 fully saturated rings. The number of aliphatic carboxylic acids is 3. The zero-order valence-electron chi connectivity index (χ0n) is 83.1. The van der Waals surface area contributed by atoms with Gasteiger partial charge in [-0.1, -0.05) is 104 Å². The van der Waals surface area contributed by atoms with Gasteiger partial charge in [0, 0.05) is 136 Å². The van der Waals surface area contributed by atoms with Crippen LogP contribution in [0, 0.1) is 23.3 Å². The number of benzene rings is 4. The topological polar surface area (TPSA) is 578 Å². The van der Waals surface area contributed by atoms with E-state index in [1.807, 2.05) is 79.7 Å². The third kappa shape index (κ3) is 39.1. The van der Waals surface area contributed by atoms with E-state index in [1.165, 1.54) is 157 Å². The number of sulfonamides is 4. The van der Waals surface area contributed by atoms with Crippen molar-refractivity contribution >= 4 is 150 Å². The van der Waals surface area contributed by atoms with Crippen molar-refractivity contribution in [3.05, 3.63) is 214 Å². The van der Waals surface area contributed by atoms with Gasteiger partial charge in [0.15, 0.2) is 5.79 Å². The van der Waals surface area contributed by atoms with E-state index in [1.54, 1.807) is 32.2 Å². The molecule has 9 aromatic rings. The summed E-state index contributed by atoms with van der Waals surface area (Å²) in [5.41, 5.74) is 12.8. The number of furan rings is 1. The summed E-state index contributed by atoms with van der Waals surface area (Å²) in [6, 6.07) is 25.9. The fourth-order valence-corrected chi connectivity index (χ4v) is 15.1. The van der Waals surface area contributed by atoms with Crippen molar-refractivity contribution in [3.63, 3.8) is 0 Å². The number of aliphatic hydroxyl groups is 6. The number of methoxy groups -OCH3 is 1. The van der Waals surface area contributed by atoms with Gasteiger partial charge in [-0.15, -0.1) is 0 Å². The molecule has 1 aliphatic rings. The van der Waals surface area contributed by atoms with Gasteiger partial charge in [0.05, 0.1) is 146 Å². The number of anilines is 4. The van der Waals surface area contributed by atoms with Crippen molar-refractivity contribution in [2.45, 2.75) is 205 Å². The average molecular weight is 2110 g/mol. The molecule has 144 heavy (non-hydrogen) atoms. The maximum atomic E-state index is 13.7. The number of halogens is 4. The van der Waals surface area contributed by atoms with Gasteiger partial charge in [-0.3, -0.25) is 4.79 Å². The summed E-state index contributed by atoms with van der Waals surface area (Å²) in [6.45, 7) is 19.0. The Morgan fingerprint density at radius 3 is 0.910 bits per heavy atom. The Labute approximate surface area is 865 Å². The Hall–Kier alpha value is -11.1. The van der Waals surface area contributed by atoms with Crippen LogP contribution in [-0.4, -0.2) is 281 Å². The molecule has 8 atom stereocenters. The molecule has 5 aromatic heterocycles. The molecule has 0 saturated carbocycles. The van der Waals surface area contributed by atoms with Gasteiger partial charge in [-0.2, -0.15) is 0 Å². The first-order valence-corrected chi connectivity index (χ1v) is 51.9. The molecule has 780 valence electrons. The van der Waals surface area contributed by atoms with Crippen molar-refractivity contribution in [3.8, 4) is 45.0 Å². The minimum atomic E-state index is -3.66. The molecule has 10 rings (SSSR count). The number of carbonyl (C=O) groups is 4. The summed E-state index contributed by atoms with van der Waals surface area (Å²) in [4.78, 5) is 79.3. The molecule has 38 nitrogen and oxygen atoms in total. The van der Waals surface area contributed by atoms with Crippen LogP contribution in [0.1, 0.15) is 195 Å². The summed E-state index contributed by atoms with van der Waals surface area (Å²) in [6.07, 6.45) is 7.85. The van der Waals surface area contributed by atoms with Crippen LogP contribution in [0.3, 0.4) is 0 Å². The van der Waals surface area contributed by atoms with E-state index in [0.717, 1.165) is 48.0 Å². The maximum absolute atomic E-state index is 13.7. The number of rotatable bonds is 39. The van der Waals surface area contributed by atoms with Gasteiger partial charge in [-0.05, 0) is 147 Å². The van der Waals surface area contributed by atoms with Crippen molar-refractivity contribution in [2.75, 3.05) is 77.5 Å². The van der Waals surface area contributed by atoms with Crippen LogP contribution in [-0.2, 0) is 80.0 Å². The number of nitrogens with zero attached hydrogens (tertiary/aromatic N) is 12. The molecule has 1 saturated heterocycles. The summed E-state index contributed by atoms with van der Waals surface area (Å²) in [7, 11) is -7.91. The van der Waals surface area contributed by atoms with Gasteiger partial charge in [-0.25, -0.2) is 108 Å². The standard InChI is InChI=1S/C26H34FN3O6S.3C22H28FN3O6S.C5H7NO.Ca/c1-16(2)23-21(13-12-19-14-20(15-22(31)34-6)36-26(3,4)35-19)24(17-8-10-18(27)11-9-17)29-25(28-23)30(5)37(7,32)33;3*1-13(2)20-18(10-9-16(27)11-17(28)12-19(29)30)21(14-5-7-15(23)8-6-14)25-22(24-20)26(3)33(4,31)32;6-4-5-2-1-3-7-5;/h8-13,16,19-20H,14-15H2,1-7H3;3*5-10,13,16-17,27-28H,11-12H2,1-4H3,(H,29,30);1-3H,4,6H2;/q;;;;;+2/p-3/b13-12+;3*10-9+;;/t19-,20-;3*16-,17-;;/m1111../s1. The number of aliphatic hydroxyl groups excluding tert-OH is 6. The number of hydrogen-bond donors (Lipinski definition) is 7. The predicted octanol–water partition coefficient (Wildman–Crippen LogP) is 7.85. The Balaban J connectivity index is 0.000000329. The van der Waals surface area contributed by atoms with Crippen LogP contribution in [0.5, 0.6) is 0 Å². The third-order valence-corrected chi connectivity index (χ3v) is 25.7. The van der Waals surface area contributed by atoms with Crippen LogP contribution in [0.4, 0.5) is 41.4 Å². The molecule has 47 heteroatoms. The van der Waals surface area contributed by atoms with Crippen LogP contribution < -0.4 is 38.3 Å². The molecule has 6 heterocycles. The van der Waals surface area contributed by atoms with E-state index in [2.05, 4.69) is 39.9 Å². The van der Waals surface area contributed by atoms with Crippen molar-refractivity contribution in [1.82, 2.24) is 39.9 Å². The van der Waals surface area contributed by atoms with E-state index in [-0.39, 0.29) is 117 Å². The fraction of sp³-hybridized carbons (Fsp3) is 0.423. The van der Waals surface area contributed by atoms with E-state index in [0.29, 0.717) is 103 Å². The zero-order chi connectivity index (χ0) is 107. The minimum absolute atomic E-state index is 0. The second-order valence-corrected chi connectivity index (χ2v) is 42.9. The van der Waals surface area contributed by atoms with Gasteiger partial charge < -0.3 is 84.7 Å². The number of nitrogens with two attached hydrogens (primary N) is 1. The molecule has 8 N–H and O–H groups in total. The molecule has 4 aromatic carbocycles. The zero-order valence-corrected chi connectivity index (χ0v) is 88.6. The minimum Gasteiger partial charge on any atom is -0.550 e. The summed E-state index contributed by atoms with van der Waals surface area (Å²) < 4.78 is 176. The van der Waals surface area contributed by atoms with Gasteiger partial charge in [0.2, 0.25) is 63.9 Å². The molecule has 1 aliphatic heterocycles. The number of esters is 1. The Morgan fingerprint density at radius 2 is 0.701 bits per heavy atom. The second-order valence-electron chi connectivity index (χ2n) is 34.9. The molecule has 0 radical (unpaired) electrons. The monoisotopic (exact) mass is 2110 g/mol.